The predicted octanol–water partition coefficient (Wildman–Crippen LogP) is 1.31. The number of hydrogen-bond donors (Lipinski definition) is 0. The summed E-state index contributed by atoms with van der Waals surface area (Å²) in [5.74, 6) is 0.403. The summed E-state index contributed by atoms with van der Waals surface area (Å²) in [7, 11) is 1.59. The fourth-order valence-corrected chi connectivity index (χ4v) is 1.44. The van der Waals surface area contributed by atoms with Gasteiger partial charge in [0.05, 0.1) is 12.3 Å². The third kappa shape index (κ3) is 3.50. The highest BCUT2D eigenvalue weighted by Crippen LogP contribution is 2.07. The van der Waals surface area contributed by atoms with Crippen molar-refractivity contribution in [3.05, 3.63) is 17.5 Å². The molecule has 1 heterocycles. The number of hydrogen-bond acceptors (Lipinski definition) is 4. The van der Waals surface area contributed by atoms with Crippen LogP contribution >= 0.6 is 11.6 Å². The molecule has 1 amide bonds. The second-order valence-electron chi connectivity index (χ2n) is 3.31. The minimum atomic E-state index is -0.210. The van der Waals surface area contributed by atoms with E-state index in [9.17, 15) is 4.79 Å². The molecule has 0 spiro atoms. The van der Waals surface area contributed by atoms with E-state index in [-0.39, 0.29) is 11.7 Å². The van der Waals surface area contributed by atoms with E-state index in [2.05, 4.69) is 5.16 Å². The van der Waals surface area contributed by atoms with Gasteiger partial charge in [0.1, 0.15) is 0 Å². The summed E-state index contributed by atoms with van der Waals surface area (Å²) >= 11 is 5.63. The fraction of sp³-hybridized carbons (Fsp3) is 0.600. The average molecular weight is 247 g/mol. The van der Waals surface area contributed by atoms with Gasteiger partial charge in [-0.15, -0.1) is 11.6 Å². The molecule has 0 atom stereocenters. The van der Waals surface area contributed by atoms with Gasteiger partial charge in [-0.25, -0.2) is 0 Å². The van der Waals surface area contributed by atoms with Crippen molar-refractivity contribution in [2.45, 2.75) is 6.92 Å². The van der Waals surface area contributed by atoms with Crippen LogP contribution in [0.2, 0.25) is 0 Å². The molecule has 6 heteroatoms. The van der Waals surface area contributed by atoms with Crippen LogP contribution in [-0.2, 0) is 4.74 Å². The van der Waals surface area contributed by atoms with Crippen LogP contribution in [-0.4, -0.2) is 48.6 Å². The van der Waals surface area contributed by atoms with Crippen molar-refractivity contribution in [2.75, 3.05) is 32.7 Å². The van der Waals surface area contributed by atoms with Gasteiger partial charge in [-0.05, 0) is 6.92 Å². The second kappa shape index (κ2) is 6.50. The van der Waals surface area contributed by atoms with E-state index in [0.29, 0.717) is 31.3 Å². The molecule has 0 aliphatic carbocycles. The number of aryl methyl sites for hydroxylation is 1. The SMILES string of the molecule is COCCN(CCCl)C(=O)c1cc(C)no1. The lowest BCUT2D eigenvalue weighted by Crippen LogP contribution is -2.35. The molecule has 0 unspecified atom stereocenters. The quantitative estimate of drug-likeness (QED) is 0.711. The molecular weight excluding hydrogens is 232 g/mol. The van der Waals surface area contributed by atoms with Gasteiger partial charge in [0.15, 0.2) is 0 Å². The highest BCUT2D eigenvalue weighted by atomic mass is 35.5. The van der Waals surface area contributed by atoms with Gasteiger partial charge in [-0.3, -0.25) is 4.79 Å². The number of amides is 1. The molecule has 5 nitrogen and oxygen atoms in total. The monoisotopic (exact) mass is 246 g/mol. The van der Waals surface area contributed by atoms with E-state index in [1.54, 1.807) is 25.0 Å². The van der Waals surface area contributed by atoms with E-state index in [1.165, 1.54) is 0 Å². The highest BCUT2D eigenvalue weighted by molar-refractivity contribution is 6.18. The number of methoxy groups -OCH3 is 1. The first-order valence-corrected chi connectivity index (χ1v) is 5.50. The van der Waals surface area contributed by atoms with Crippen molar-refractivity contribution in [1.82, 2.24) is 10.1 Å². The van der Waals surface area contributed by atoms with Gasteiger partial charge in [-0.1, -0.05) is 5.16 Å². The van der Waals surface area contributed by atoms with Crippen LogP contribution in [0, 0.1) is 6.92 Å². The molecule has 0 radical (unpaired) electrons. The molecule has 0 aliphatic rings. The molecule has 1 aromatic heterocycles. The number of aromatic nitrogens is 1. The van der Waals surface area contributed by atoms with Gasteiger partial charge in [0.25, 0.3) is 5.91 Å². The first-order valence-electron chi connectivity index (χ1n) is 4.96. The first-order chi connectivity index (χ1) is 7.69. The van der Waals surface area contributed by atoms with Gasteiger partial charge < -0.3 is 14.2 Å². The van der Waals surface area contributed by atoms with Crippen molar-refractivity contribution < 1.29 is 14.1 Å². The van der Waals surface area contributed by atoms with Crippen LogP contribution in [0.3, 0.4) is 0 Å². The zero-order valence-corrected chi connectivity index (χ0v) is 10.2. The number of carbonyl (C=O) groups is 1. The Morgan fingerprint density at radius 2 is 2.38 bits per heavy atom. The lowest BCUT2D eigenvalue weighted by atomic mass is 10.3. The summed E-state index contributed by atoms with van der Waals surface area (Å²) < 4.78 is 9.83. The molecule has 1 aromatic rings. The van der Waals surface area contributed by atoms with Crippen molar-refractivity contribution in [1.29, 1.82) is 0 Å². The molecule has 0 fully saturated rings. The summed E-state index contributed by atoms with van der Waals surface area (Å²) in [6.45, 7) is 3.18. The Balaban J connectivity index is 2.66. The van der Waals surface area contributed by atoms with E-state index < -0.39 is 0 Å². The van der Waals surface area contributed by atoms with Crippen LogP contribution in [0.4, 0.5) is 0 Å². The maximum atomic E-state index is 11.9. The lowest BCUT2D eigenvalue weighted by Gasteiger charge is -2.19. The Morgan fingerprint density at radius 3 is 2.88 bits per heavy atom. The summed E-state index contributed by atoms with van der Waals surface area (Å²) in [6, 6.07) is 1.61. The zero-order chi connectivity index (χ0) is 12.0. The average Bonchev–Trinajstić information content (AvgIpc) is 2.70. The third-order valence-electron chi connectivity index (χ3n) is 2.05. The van der Waals surface area contributed by atoms with E-state index in [0.717, 1.165) is 0 Å². The largest absolute Gasteiger partial charge is 0.383 e. The topological polar surface area (TPSA) is 55.6 Å². The Bertz CT molecular complexity index is 341. The van der Waals surface area contributed by atoms with Crippen molar-refractivity contribution in [3.63, 3.8) is 0 Å². The Hall–Kier alpha value is -1.07. The molecule has 1 rings (SSSR count). The summed E-state index contributed by atoms with van der Waals surface area (Å²) in [5, 5.41) is 3.67. The first kappa shape index (κ1) is 13.0. The maximum absolute atomic E-state index is 11.9. The Morgan fingerprint density at radius 1 is 1.62 bits per heavy atom. The number of carbonyl (C=O) groups excluding carboxylic acids is 1. The molecule has 0 N–H and O–H groups in total. The lowest BCUT2D eigenvalue weighted by molar-refractivity contribution is 0.0667. The molecule has 0 saturated carbocycles. The summed E-state index contributed by atoms with van der Waals surface area (Å²) in [5.41, 5.74) is 0.681. The van der Waals surface area contributed by atoms with Crippen LogP contribution < -0.4 is 0 Å². The molecule has 0 aromatic carbocycles. The van der Waals surface area contributed by atoms with Gasteiger partial charge in [0, 0.05) is 32.1 Å². The van der Waals surface area contributed by atoms with Crippen LogP contribution in [0.1, 0.15) is 16.2 Å². The maximum Gasteiger partial charge on any atom is 0.292 e. The summed E-state index contributed by atoms with van der Waals surface area (Å²) in [6.07, 6.45) is 0. The molecule has 16 heavy (non-hydrogen) atoms. The molecule has 0 saturated heterocycles. The van der Waals surface area contributed by atoms with Crippen molar-refractivity contribution >= 4 is 17.5 Å². The predicted molar refractivity (Wildman–Crippen MR) is 59.7 cm³/mol. The van der Waals surface area contributed by atoms with Gasteiger partial charge in [0.2, 0.25) is 5.76 Å². The minimum Gasteiger partial charge on any atom is -0.383 e. The smallest absolute Gasteiger partial charge is 0.292 e. The number of halogens is 1. The second-order valence-corrected chi connectivity index (χ2v) is 3.68. The third-order valence-corrected chi connectivity index (χ3v) is 2.21. The van der Waals surface area contributed by atoms with Crippen LogP contribution in [0.25, 0.3) is 0 Å². The van der Waals surface area contributed by atoms with E-state index in [1.807, 2.05) is 0 Å². The van der Waals surface area contributed by atoms with Crippen LogP contribution in [0.15, 0.2) is 10.6 Å². The Kier molecular flexibility index (Phi) is 5.28. The normalized spacial score (nSPS) is 10.4. The Labute approximate surface area is 99.3 Å². The number of rotatable bonds is 6. The van der Waals surface area contributed by atoms with E-state index in [4.69, 9.17) is 20.9 Å². The van der Waals surface area contributed by atoms with Gasteiger partial charge >= 0.3 is 0 Å². The summed E-state index contributed by atoms with van der Waals surface area (Å²) in [4.78, 5) is 13.5. The number of nitrogens with zero attached hydrogens (tertiary/aromatic N) is 2. The van der Waals surface area contributed by atoms with Crippen molar-refractivity contribution in [3.8, 4) is 0 Å². The molecular formula is C10H15ClN2O3. The van der Waals surface area contributed by atoms with E-state index >= 15 is 0 Å². The minimum absolute atomic E-state index is 0.210. The highest BCUT2D eigenvalue weighted by Gasteiger charge is 2.19. The van der Waals surface area contributed by atoms with Gasteiger partial charge in [-0.2, -0.15) is 0 Å². The number of alkyl halides is 1. The number of ether oxygens (including phenoxy) is 1. The molecule has 0 bridgehead atoms. The molecule has 0 aliphatic heterocycles. The van der Waals surface area contributed by atoms with Crippen LogP contribution in [0.5, 0.6) is 0 Å². The molecule has 90 valence electrons. The standard InChI is InChI=1S/C10H15ClN2O3/c1-8-7-9(16-12-8)10(14)13(4-3-11)5-6-15-2/h7H,3-6H2,1-2H3. The zero-order valence-electron chi connectivity index (χ0n) is 9.40. The fourth-order valence-electron chi connectivity index (χ4n) is 1.24. The van der Waals surface area contributed by atoms with Crippen molar-refractivity contribution in [2.24, 2.45) is 0 Å².